The first-order chi connectivity index (χ1) is 20.6. The van der Waals surface area contributed by atoms with E-state index in [0.29, 0.717) is 31.6 Å². The summed E-state index contributed by atoms with van der Waals surface area (Å²) in [4.78, 5) is 21.0. The zero-order valence-corrected chi connectivity index (χ0v) is 26.5. The van der Waals surface area contributed by atoms with Crippen LogP contribution in [0.3, 0.4) is 0 Å². The third kappa shape index (κ3) is 7.10. The molecular formula is C29H38ClN7O5P+. The number of fused-ring (bicyclic) bond motifs is 1. The van der Waals surface area contributed by atoms with Gasteiger partial charge in [-0.1, -0.05) is 23.7 Å². The number of nitrogens with zero attached hydrogens (tertiary/aromatic N) is 4. The minimum atomic E-state index is -3.34. The minimum Gasteiger partial charge on any atom is -0.497 e. The molecule has 1 amide bonds. The van der Waals surface area contributed by atoms with Crippen LogP contribution in [-0.2, 0) is 39.7 Å². The first-order valence-electron chi connectivity index (χ1n) is 14.1. The van der Waals surface area contributed by atoms with Crippen LogP contribution in [0.15, 0.2) is 42.5 Å². The quantitative estimate of drug-likeness (QED) is 0.138. The number of hydrogen-bond acceptors (Lipinski definition) is 9. The van der Waals surface area contributed by atoms with Gasteiger partial charge in [-0.15, -0.1) is 0 Å². The highest BCUT2D eigenvalue weighted by Gasteiger charge is 2.28. The number of hydrogen-bond donors (Lipinski definition) is 3. The van der Waals surface area contributed by atoms with E-state index in [2.05, 4.69) is 24.4 Å². The summed E-state index contributed by atoms with van der Waals surface area (Å²) in [5, 5.41) is 3.37. The number of benzene rings is 2. The van der Waals surface area contributed by atoms with Crippen LogP contribution in [0.1, 0.15) is 49.1 Å². The van der Waals surface area contributed by atoms with Crippen LogP contribution >= 0.6 is 19.2 Å². The molecule has 5 N–H and O–H groups in total. The lowest BCUT2D eigenvalue weighted by Gasteiger charge is -2.17. The van der Waals surface area contributed by atoms with Gasteiger partial charge in [0.25, 0.3) is 11.7 Å². The number of nitrogens with two attached hydrogens (primary N) is 2. The van der Waals surface area contributed by atoms with Crippen molar-refractivity contribution >= 4 is 53.1 Å². The van der Waals surface area contributed by atoms with E-state index in [1.54, 1.807) is 21.0 Å². The van der Waals surface area contributed by atoms with Crippen molar-refractivity contribution in [2.24, 2.45) is 0 Å². The Morgan fingerprint density at radius 1 is 1.05 bits per heavy atom. The average molecular weight is 631 g/mol. The van der Waals surface area contributed by atoms with E-state index >= 15 is 0 Å². The Labute approximate surface area is 255 Å². The summed E-state index contributed by atoms with van der Waals surface area (Å²) in [7, 11) is -1.70. The molecule has 0 atom stereocenters. The van der Waals surface area contributed by atoms with Crippen LogP contribution in [0.2, 0.25) is 5.15 Å². The molecule has 230 valence electrons. The van der Waals surface area contributed by atoms with Crippen LogP contribution in [0.5, 0.6) is 5.75 Å². The number of anilines is 2. The molecule has 12 nitrogen and oxygen atoms in total. The first-order valence-corrected chi connectivity index (χ1v) is 16.0. The third-order valence-electron chi connectivity index (χ3n) is 6.93. The van der Waals surface area contributed by atoms with Crippen molar-refractivity contribution in [1.29, 1.82) is 0 Å². The number of halogens is 1. The molecule has 2 aromatic heterocycles. The summed E-state index contributed by atoms with van der Waals surface area (Å²) in [6.07, 6.45) is 1.58. The van der Waals surface area contributed by atoms with Crippen LogP contribution in [0.4, 0.5) is 11.6 Å². The van der Waals surface area contributed by atoms with Crippen molar-refractivity contribution in [3.63, 3.8) is 0 Å². The number of aryl methyl sites for hydroxylation is 3. The fraction of sp³-hybridized carbons (Fsp3) is 0.379. The molecule has 0 saturated carbocycles. The summed E-state index contributed by atoms with van der Waals surface area (Å²) in [6.45, 7) is 7.76. The van der Waals surface area contributed by atoms with Gasteiger partial charge in [0.05, 0.1) is 38.7 Å². The molecule has 0 bridgehead atoms. The van der Waals surface area contributed by atoms with Gasteiger partial charge in [0, 0.05) is 6.07 Å². The Kier molecular flexibility index (Phi) is 10.6. The smallest absolute Gasteiger partial charge is 0.361 e. The molecule has 0 aliphatic carbocycles. The van der Waals surface area contributed by atoms with Crippen molar-refractivity contribution in [2.45, 2.75) is 53.2 Å². The molecule has 2 heterocycles. The van der Waals surface area contributed by atoms with Gasteiger partial charge in [-0.25, -0.2) is 19.1 Å². The van der Waals surface area contributed by atoms with Gasteiger partial charge >= 0.3 is 7.60 Å². The lowest BCUT2D eigenvalue weighted by molar-refractivity contribution is -0.680. The van der Waals surface area contributed by atoms with Crippen LogP contribution in [0, 0.1) is 0 Å². The normalized spacial score (nSPS) is 11.7. The zero-order valence-electron chi connectivity index (χ0n) is 24.8. The van der Waals surface area contributed by atoms with E-state index in [4.69, 9.17) is 36.9 Å². The maximum absolute atomic E-state index is 13.1. The van der Waals surface area contributed by atoms with Crippen LogP contribution in [-0.4, -0.2) is 40.8 Å². The van der Waals surface area contributed by atoms with Gasteiger partial charge in [-0.3, -0.25) is 9.36 Å². The number of amides is 1. The molecular weight excluding hydrogens is 593 g/mol. The Balaban J connectivity index is 1.57. The van der Waals surface area contributed by atoms with E-state index in [1.807, 2.05) is 49.4 Å². The van der Waals surface area contributed by atoms with Crippen molar-refractivity contribution in [1.82, 2.24) is 19.9 Å². The molecule has 0 aliphatic rings. The van der Waals surface area contributed by atoms with E-state index < -0.39 is 13.5 Å². The molecule has 43 heavy (non-hydrogen) atoms. The number of methoxy groups -OCH3 is 1. The average Bonchev–Trinajstić information content (AvgIpc) is 3.29. The molecule has 0 fully saturated rings. The van der Waals surface area contributed by atoms with E-state index in [9.17, 15) is 9.36 Å². The Bertz CT molecular complexity index is 1630. The molecule has 0 spiro atoms. The highest BCUT2D eigenvalue weighted by molar-refractivity contribution is 7.62. The number of carbonyl (C=O) groups excluding carboxylic acids is 1. The molecule has 0 aliphatic heterocycles. The largest absolute Gasteiger partial charge is 0.497 e. The maximum atomic E-state index is 13.1. The SMILES string of the molecule is CCOP(=O)(OCC)c1ccc(CCC[n+]2c(CNC(=O)c3nc(Cl)c(N)nc3N)n(CC)c3cc(OC)ccc32)cc1. The molecule has 2 aromatic carbocycles. The standard InChI is InChI=1S/C29H37ClN7O5P/c1-5-36-23-17-20(40-4)12-15-22(23)37(24(36)18-33-29(38)25-27(31)35-28(32)26(30)34-25)16-8-9-19-10-13-21(14-11-19)43(39,41-6-2)42-7-3/h10-15,17H,5-9,16,18H2,1-4H3,(H4-,31,32,33,35,38)/p+1. The number of nitrogens with one attached hydrogen (secondary N) is 1. The summed E-state index contributed by atoms with van der Waals surface area (Å²) < 4.78 is 33.8. The lowest BCUT2D eigenvalue weighted by Crippen LogP contribution is -2.41. The minimum absolute atomic E-state index is 0.0409. The molecule has 0 saturated heterocycles. The number of rotatable bonds is 14. The van der Waals surface area contributed by atoms with Crippen molar-refractivity contribution in [3.05, 3.63) is 64.7 Å². The third-order valence-corrected chi connectivity index (χ3v) is 9.33. The van der Waals surface area contributed by atoms with Gasteiger partial charge in [0.2, 0.25) is 0 Å². The van der Waals surface area contributed by atoms with E-state index in [1.165, 1.54) is 0 Å². The predicted molar refractivity (Wildman–Crippen MR) is 167 cm³/mol. The van der Waals surface area contributed by atoms with E-state index in [-0.39, 0.29) is 29.0 Å². The zero-order chi connectivity index (χ0) is 31.1. The topological polar surface area (TPSA) is 160 Å². The number of carbonyl (C=O) groups is 1. The van der Waals surface area contributed by atoms with Gasteiger partial charge in [0.1, 0.15) is 12.3 Å². The summed E-state index contributed by atoms with van der Waals surface area (Å²) in [6, 6.07) is 13.4. The second-order valence-corrected chi connectivity index (χ2v) is 12.0. The second kappa shape index (κ2) is 14.2. The number of ether oxygens (including phenoxy) is 1. The predicted octanol–water partition coefficient (Wildman–Crippen LogP) is 4.02. The van der Waals surface area contributed by atoms with Crippen LogP contribution < -0.4 is 31.4 Å². The summed E-state index contributed by atoms with van der Waals surface area (Å²) in [5.41, 5.74) is 14.5. The fourth-order valence-electron chi connectivity index (χ4n) is 4.96. The van der Waals surface area contributed by atoms with E-state index in [0.717, 1.165) is 41.0 Å². The highest BCUT2D eigenvalue weighted by atomic mass is 35.5. The van der Waals surface area contributed by atoms with Crippen molar-refractivity contribution in [3.8, 4) is 5.75 Å². The molecule has 0 radical (unpaired) electrons. The van der Waals surface area contributed by atoms with Crippen LogP contribution in [0.25, 0.3) is 11.0 Å². The summed E-state index contributed by atoms with van der Waals surface area (Å²) in [5.74, 6) is 0.967. The van der Waals surface area contributed by atoms with Gasteiger partial charge in [-0.05, 0) is 63.4 Å². The molecule has 0 unspecified atom stereocenters. The molecule has 4 rings (SSSR count). The number of nitrogen functional groups attached to an aromatic ring is 2. The summed E-state index contributed by atoms with van der Waals surface area (Å²) >= 11 is 5.99. The Hall–Kier alpha value is -3.70. The van der Waals surface area contributed by atoms with Crippen molar-refractivity contribution in [2.75, 3.05) is 31.8 Å². The first kappa shape index (κ1) is 32.2. The maximum Gasteiger partial charge on any atom is 0.361 e. The van der Waals surface area contributed by atoms with Gasteiger partial charge in [0.15, 0.2) is 33.5 Å². The van der Waals surface area contributed by atoms with Crippen molar-refractivity contribution < 1.29 is 27.7 Å². The Morgan fingerprint density at radius 3 is 2.37 bits per heavy atom. The Morgan fingerprint density at radius 2 is 1.74 bits per heavy atom. The molecule has 14 heteroatoms. The van der Waals surface area contributed by atoms with Gasteiger partial charge < -0.3 is 30.6 Å². The molecule has 4 aromatic rings. The second-order valence-electron chi connectivity index (χ2n) is 9.59. The number of aromatic nitrogens is 4. The lowest BCUT2D eigenvalue weighted by atomic mass is 10.1. The van der Waals surface area contributed by atoms with Gasteiger partial charge in [-0.2, -0.15) is 0 Å². The highest BCUT2D eigenvalue weighted by Crippen LogP contribution is 2.46. The monoisotopic (exact) mass is 630 g/mol. The fourth-order valence-corrected chi connectivity index (χ4v) is 6.65. The number of imidazole rings is 1.